The van der Waals surface area contributed by atoms with Crippen LogP contribution in [-0.4, -0.2) is 67.2 Å². The van der Waals surface area contributed by atoms with Crippen molar-refractivity contribution >= 4 is 22.8 Å². The molecule has 0 amide bonds. The van der Waals surface area contributed by atoms with E-state index in [1.165, 1.54) is 30.7 Å². The molecule has 0 radical (unpaired) electrons. The van der Waals surface area contributed by atoms with E-state index in [4.69, 9.17) is 20.0 Å². The fraction of sp³-hybridized carbons (Fsp3) is 0.667. The van der Waals surface area contributed by atoms with Gasteiger partial charge in [0, 0.05) is 55.4 Å². The lowest BCUT2D eigenvalue weighted by molar-refractivity contribution is 0.426. The molecule has 3 unspecified atom stereocenters. The normalized spacial score (nSPS) is 29.5. The van der Waals surface area contributed by atoms with Crippen molar-refractivity contribution in [1.29, 1.82) is 0 Å². The summed E-state index contributed by atoms with van der Waals surface area (Å²) in [6.45, 7) is 11.8. The highest BCUT2D eigenvalue weighted by molar-refractivity contribution is 6.00. The van der Waals surface area contributed by atoms with Gasteiger partial charge in [-0.25, -0.2) is 0 Å². The molecule has 4 bridgehead atoms. The lowest BCUT2D eigenvalue weighted by atomic mass is 9.93. The van der Waals surface area contributed by atoms with Gasteiger partial charge in [-0.05, 0) is 65.9 Å². The van der Waals surface area contributed by atoms with Crippen LogP contribution in [0.2, 0.25) is 0 Å². The molecule has 3 rings (SSSR count). The molecule has 2 N–H and O–H groups in total. The van der Waals surface area contributed by atoms with Gasteiger partial charge in [0.25, 0.3) is 0 Å². The number of piperidine rings is 1. The molecular formula is C24H38N6. The van der Waals surface area contributed by atoms with Crippen LogP contribution in [0.15, 0.2) is 43.9 Å². The fourth-order valence-electron chi connectivity index (χ4n) is 4.15. The summed E-state index contributed by atoms with van der Waals surface area (Å²) in [7, 11) is 0. The van der Waals surface area contributed by atoms with Crippen LogP contribution in [0.25, 0.3) is 0 Å². The summed E-state index contributed by atoms with van der Waals surface area (Å²) in [6.07, 6.45) is 11.9. The Morgan fingerprint density at radius 1 is 0.733 bits per heavy atom. The molecule has 3 aliphatic heterocycles. The average molecular weight is 411 g/mol. The number of dihydropyridines is 1. The smallest absolute Gasteiger partial charge is 0.0826 e. The molecule has 0 spiro atoms. The third-order valence-electron chi connectivity index (χ3n) is 6.18. The van der Waals surface area contributed by atoms with E-state index in [-0.39, 0.29) is 6.04 Å². The van der Waals surface area contributed by atoms with E-state index >= 15 is 0 Å². The monoisotopic (exact) mass is 410 g/mol. The van der Waals surface area contributed by atoms with E-state index in [1.54, 1.807) is 0 Å². The van der Waals surface area contributed by atoms with E-state index in [2.05, 4.69) is 56.6 Å². The highest BCUT2D eigenvalue weighted by atomic mass is 15.0. The van der Waals surface area contributed by atoms with E-state index in [0.29, 0.717) is 12.1 Å². The summed E-state index contributed by atoms with van der Waals surface area (Å²) in [5, 5.41) is 7.34. The molecule has 30 heavy (non-hydrogen) atoms. The summed E-state index contributed by atoms with van der Waals surface area (Å²) >= 11 is 0. The maximum atomic E-state index is 4.85. The molecule has 0 aliphatic carbocycles. The van der Waals surface area contributed by atoms with Crippen LogP contribution in [0.3, 0.4) is 0 Å². The van der Waals surface area contributed by atoms with E-state index in [9.17, 15) is 0 Å². The molecule has 6 nitrogen and oxygen atoms in total. The maximum Gasteiger partial charge on any atom is 0.0826 e. The molecule has 3 atom stereocenters. The lowest BCUT2D eigenvalue weighted by Crippen LogP contribution is -2.49. The van der Waals surface area contributed by atoms with Gasteiger partial charge in [0.15, 0.2) is 0 Å². The second-order valence-electron chi connectivity index (χ2n) is 8.53. The lowest BCUT2D eigenvalue weighted by Gasteiger charge is -2.31. The van der Waals surface area contributed by atoms with Gasteiger partial charge in [-0.2, -0.15) is 0 Å². The van der Waals surface area contributed by atoms with Gasteiger partial charge >= 0.3 is 0 Å². The number of hydrogen-bond donors (Lipinski definition) is 2. The molecule has 3 aliphatic rings. The van der Waals surface area contributed by atoms with Crippen molar-refractivity contribution in [2.45, 2.75) is 77.9 Å². The van der Waals surface area contributed by atoms with Crippen LogP contribution in [0.4, 0.5) is 0 Å². The molecular weight excluding hydrogens is 372 g/mol. The summed E-state index contributed by atoms with van der Waals surface area (Å²) in [6, 6.07) is 0.887. The van der Waals surface area contributed by atoms with Crippen molar-refractivity contribution < 1.29 is 0 Å². The Labute approximate surface area is 181 Å². The van der Waals surface area contributed by atoms with Gasteiger partial charge < -0.3 is 10.6 Å². The quantitative estimate of drug-likeness (QED) is 0.641. The number of aliphatic imine (C=N–C) groups is 4. The van der Waals surface area contributed by atoms with Crippen molar-refractivity contribution in [2.24, 2.45) is 20.0 Å². The Morgan fingerprint density at radius 3 is 1.93 bits per heavy atom. The first-order valence-electron chi connectivity index (χ1n) is 11.5. The molecule has 1 fully saturated rings. The second-order valence-corrected chi connectivity index (χ2v) is 8.53. The third-order valence-corrected chi connectivity index (χ3v) is 6.18. The Bertz CT molecular complexity index is 771. The van der Waals surface area contributed by atoms with Crippen molar-refractivity contribution in [3.8, 4) is 0 Å². The molecule has 0 aromatic rings. The zero-order valence-electron chi connectivity index (χ0n) is 19.1. The van der Waals surface area contributed by atoms with Crippen LogP contribution in [0.1, 0.15) is 59.8 Å². The third kappa shape index (κ3) is 6.46. The Balaban J connectivity index is 1.72. The summed E-state index contributed by atoms with van der Waals surface area (Å²) < 4.78 is 0. The zero-order chi connectivity index (χ0) is 21.3. The van der Waals surface area contributed by atoms with Crippen LogP contribution in [-0.2, 0) is 0 Å². The minimum Gasteiger partial charge on any atom is -0.372 e. The number of nitrogens with one attached hydrogen (secondary N) is 2. The molecule has 164 valence electrons. The summed E-state index contributed by atoms with van der Waals surface area (Å²) in [5.74, 6) is 0. The van der Waals surface area contributed by atoms with Gasteiger partial charge in [0.1, 0.15) is 0 Å². The number of allylic oxidation sites excluding steroid dienone is 3. The van der Waals surface area contributed by atoms with Crippen molar-refractivity contribution in [1.82, 2.24) is 10.6 Å². The van der Waals surface area contributed by atoms with Crippen LogP contribution >= 0.6 is 0 Å². The highest BCUT2D eigenvalue weighted by Crippen LogP contribution is 2.16. The van der Waals surface area contributed by atoms with Crippen LogP contribution in [0, 0.1) is 0 Å². The highest BCUT2D eigenvalue weighted by Gasteiger charge is 2.24. The fourth-order valence-corrected chi connectivity index (χ4v) is 4.15. The zero-order valence-corrected chi connectivity index (χ0v) is 19.1. The van der Waals surface area contributed by atoms with E-state index in [0.717, 1.165) is 56.1 Å². The standard InChI is InChI=1S/C24H38N6/c1-17-21-9-5-10-22(29-21)18(2)27-15-8-16-28-20(4)24-12-6-11-23(30-24)19(3)26-14-7-13-25-17/h5,9-10,21,23-24,29-30H,6-8,11-16H2,1-4H3. The minimum absolute atomic E-state index is 0.140. The van der Waals surface area contributed by atoms with Gasteiger partial charge in [0.05, 0.1) is 17.5 Å². The minimum atomic E-state index is 0.140. The first kappa shape index (κ1) is 22.6. The topological polar surface area (TPSA) is 73.5 Å². The van der Waals surface area contributed by atoms with Gasteiger partial charge in [-0.3, -0.25) is 20.0 Å². The largest absolute Gasteiger partial charge is 0.372 e. The van der Waals surface area contributed by atoms with E-state index in [1.807, 2.05) is 0 Å². The van der Waals surface area contributed by atoms with Gasteiger partial charge in [0.2, 0.25) is 0 Å². The number of rotatable bonds is 0. The van der Waals surface area contributed by atoms with Crippen LogP contribution < -0.4 is 10.6 Å². The summed E-state index contributed by atoms with van der Waals surface area (Å²) in [4.78, 5) is 19.3. The van der Waals surface area contributed by atoms with Crippen molar-refractivity contribution in [3.63, 3.8) is 0 Å². The molecule has 1 saturated heterocycles. The Kier molecular flexibility index (Phi) is 8.55. The number of nitrogens with zero attached hydrogens (tertiary/aromatic N) is 4. The van der Waals surface area contributed by atoms with Crippen molar-refractivity contribution in [2.75, 3.05) is 26.2 Å². The van der Waals surface area contributed by atoms with Crippen LogP contribution in [0.5, 0.6) is 0 Å². The first-order chi connectivity index (χ1) is 14.5. The number of fused-ring (bicyclic) bond motifs is 4. The van der Waals surface area contributed by atoms with Crippen molar-refractivity contribution in [3.05, 3.63) is 23.9 Å². The Morgan fingerprint density at radius 2 is 1.30 bits per heavy atom. The average Bonchev–Trinajstić information content (AvgIpc) is 2.77. The van der Waals surface area contributed by atoms with Gasteiger partial charge in [-0.1, -0.05) is 12.2 Å². The number of hydrogen-bond acceptors (Lipinski definition) is 6. The second kappa shape index (κ2) is 11.3. The molecule has 3 heterocycles. The molecule has 0 aromatic carbocycles. The molecule has 0 aromatic heterocycles. The van der Waals surface area contributed by atoms with Gasteiger partial charge in [-0.15, -0.1) is 0 Å². The SMILES string of the molecule is CC1=NCCCN=C(C)C2CCCC(N2)C(C)=NCCCN=C(C)C2C=CC=C1N2. The Hall–Kier alpha value is -2.08. The first-order valence-corrected chi connectivity index (χ1v) is 11.5. The molecule has 6 heteroatoms. The molecule has 0 saturated carbocycles. The maximum absolute atomic E-state index is 4.85. The predicted molar refractivity (Wildman–Crippen MR) is 130 cm³/mol. The van der Waals surface area contributed by atoms with E-state index < -0.39 is 0 Å². The summed E-state index contributed by atoms with van der Waals surface area (Å²) in [5.41, 5.74) is 5.69. The predicted octanol–water partition coefficient (Wildman–Crippen LogP) is 3.55.